The van der Waals surface area contributed by atoms with Gasteiger partial charge in [-0.2, -0.15) is 0 Å². The van der Waals surface area contributed by atoms with Gasteiger partial charge >= 0.3 is 0 Å². The predicted molar refractivity (Wildman–Crippen MR) is 84.1 cm³/mol. The molecule has 1 unspecified atom stereocenters. The smallest absolute Gasteiger partial charge is 0.255 e. The second-order valence-corrected chi connectivity index (χ2v) is 5.57. The third-order valence-corrected chi connectivity index (χ3v) is 4.07. The maximum Gasteiger partial charge on any atom is 0.255 e. The molecular formula is C18H23NO2. The van der Waals surface area contributed by atoms with Gasteiger partial charge in [-0.15, -0.1) is 0 Å². The highest BCUT2D eigenvalue weighted by Crippen LogP contribution is 2.23. The van der Waals surface area contributed by atoms with Gasteiger partial charge in [0.15, 0.2) is 0 Å². The van der Waals surface area contributed by atoms with Gasteiger partial charge in [0.25, 0.3) is 5.91 Å². The van der Waals surface area contributed by atoms with E-state index in [-0.39, 0.29) is 12.5 Å². The fraction of sp³-hybridized carbons (Fsp3) is 0.500. The zero-order valence-electron chi connectivity index (χ0n) is 12.9. The number of carbonyl (C=O) groups excluding carboxylic acids is 1. The molecule has 1 fully saturated rings. The summed E-state index contributed by atoms with van der Waals surface area (Å²) < 4.78 is 0. The van der Waals surface area contributed by atoms with E-state index in [1.54, 1.807) is 0 Å². The van der Waals surface area contributed by atoms with Crippen molar-refractivity contribution in [3.63, 3.8) is 0 Å². The van der Waals surface area contributed by atoms with Crippen molar-refractivity contribution in [1.82, 2.24) is 4.90 Å². The highest BCUT2D eigenvalue weighted by Gasteiger charge is 2.27. The number of likely N-dealkylation sites (tertiary alicyclic amines) is 1. The van der Waals surface area contributed by atoms with Crippen molar-refractivity contribution in [1.29, 1.82) is 0 Å². The number of aliphatic hydroxyl groups is 1. The normalized spacial score (nSPS) is 18.0. The molecule has 0 aromatic heterocycles. The van der Waals surface area contributed by atoms with Crippen molar-refractivity contribution in [3.05, 3.63) is 34.9 Å². The minimum atomic E-state index is -0.192. The molecule has 1 N–H and O–H groups in total. The second kappa shape index (κ2) is 7.28. The summed E-state index contributed by atoms with van der Waals surface area (Å²) in [6.07, 6.45) is 4.36. The monoisotopic (exact) mass is 285 g/mol. The molecule has 1 atom stereocenters. The van der Waals surface area contributed by atoms with Gasteiger partial charge in [0, 0.05) is 18.2 Å². The zero-order valence-corrected chi connectivity index (χ0v) is 12.9. The summed E-state index contributed by atoms with van der Waals surface area (Å²) in [4.78, 5) is 14.9. The Kier molecular flexibility index (Phi) is 5.41. The molecule has 0 radical (unpaired) electrons. The quantitative estimate of drug-likeness (QED) is 0.849. The van der Waals surface area contributed by atoms with Gasteiger partial charge in [0.05, 0.1) is 5.56 Å². The zero-order chi connectivity index (χ0) is 15.2. The van der Waals surface area contributed by atoms with E-state index in [9.17, 15) is 4.79 Å². The Morgan fingerprint density at radius 2 is 2.24 bits per heavy atom. The third-order valence-electron chi connectivity index (χ3n) is 4.07. The van der Waals surface area contributed by atoms with E-state index < -0.39 is 0 Å². The lowest BCUT2D eigenvalue weighted by Gasteiger charge is -2.35. The van der Waals surface area contributed by atoms with Crippen molar-refractivity contribution >= 4 is 5.91 Å². The molecule has 0 spiro atoms. The Labute approximate surface area is 127 Å². The molecule has 21 heavy (non-hydrogen) atoms. The summed E-state index contributed by atoms with van der Waals surface area (Å²) >= 11 is 0. The summed E-state index contributed by atoms with van der Waals surface area (Å²) in [6.45, 7) is 4.76. The third kappa shape index (κ3) is 3.65. The molecule has 3 heteroatoms. The summed E-state index contributed by atoms with van der Waals surface area (Å²) in [5.41, 5.74) is 2.43. The lowest BCUT2D eigenvalue weighted by Crippen LogP contribution is -2.43. The van der Waals surface area contributed by atoms with Gasteiger partial charge < -0.3 is 10.0 Å². The minimum Gasteiger partial charge on any atom is -0.384 e. The number of carbonyl (C=O) groups is 1. The Hall–Kier alpha value is -1.79. The molecule has 1 aliphatic heterocycles. The summed E-state index contributed by atoms with van der Waals surface area (Å²) in [5.74, 6) is 5.61. The van der Waals surface area contributed by atoms with Crippen LogP contribution in [0.5, 0.6) is 0 Å². The van der Waals surface area contributed by atoms with Crippen LogP contribution in [-0.4, -0.2) is 35.1 Å². The second-order valence-electron chi connectivity index (χ2n) is 5.57. The van der Waals surface area contributed by atoms with Crippen molar-refractivity contribution in [2.24, 2.45) is 0 Å². The van der Waals surface area contributed by atoms with Crippen LogP contribution in [0.4, 0.5) is 0 Å². The van der Waals surface area contributed by atoms with Gasteiger partial charge in [0.1, 0.15) is 6.61 Å². The first-order chi connectivity index (χ1) is 10.2. The van der Waals surface area contributed by atoms with Crippen LogP contribution in [0, 0.1) is 18.8 Å². The van der Waals surface area contributed by atoms with Gasteiger partial charge in [0.2, 0.25) is 0 Å². The molecule has 0 bridgehead atoms. The Morgan fingerprint density at radius 1 is 1.43 bits per heavy atom. The van der Waals surface area contributed by atoms with Crippen LogP contribution in [0.25, 0.3) is 0 Å². The van der Waals surface area contributed by atoms with E-state index >= 15 is 0 Å². The SMILES string of the molecule is CCC1CCCCN1C(=O)c1cc(C)ccc1C#CCO. The molecular weight excluding hydrogens is 262 g/mol. The number of aryl methyl sites for hydroxylation is 1. The van der Waals surface area contributed by atoms with E-state index in [4.69, 9.17) is 5.11 Å². The maximum atomic E-state index is 12.9. The number of hydrogen-bond donors (Lipinski definition) is 1. The van der Waals surface area contributed by atoms with E-state index in [0.717, 1.165) is 31.4 Å². The summed E-state index contributed by atoms with van der Waals surface area (Å²) in [5, 5.41) is 8.87. The number of aliphatic hydroxyl groups excluding tert-OH is 1. The fourth-order valence-corrected chi connectivity index (χ4v) is 2.93. The van der Waals surface area contributed by atoms with Gasteiger partial charge in [-0.3, -0.25) is 4.79 Å². The van der Waals surface area contributed by atoms with Crippen LogP contribution in [0.2, 0.25) is 0 Å². The first-order valence-electron chi connectivity index (χ1n) is 7.68. The van der Waals surface area contributed by atoms with Gasteiger partial charge in [-0.1, -0.05) is 30.4 Å². The van der Waals surface area contributed by atoms with Crippen molar-refractivity contribution < 1.29 is 9.90 Å². The van der Waals surface area contributed by atoms with E-state index in [1.807, 2.05) is 30.0 Å². The molecule has 0 aliphatic carbocycles. The van der Waals surface area contributed by atoms with Crippen LogP contribution in [-0.2, 0) is 0 Å². The first kappa shape index (κ1) is 15.6. The van der Waals surface area contributed by atoms with Crippen LogP contribution in [0.3, 0.4) is 0 Å². The maximum absolute atomic E-state index is 12.9. The van der Waals surface area contributed by atoms with E-state index in [1.165, 1.54) is 6.42 Å². The number of benzene rings is 1. The number of hydrogen-bond acceptors (Lipinski definition) is 2. The molecule has 1 saturated heterocycles. The first-order valence-corrected chi connectivity index (χ1v) is 7.68. The van der Waals surface area contributed by atoms with Crippen molar-refractivity contribution in [2.45, 2.75) is 45.6 Å². The Balaban J connectivity index is 2.35. The molecule has 1 aliphatic rings. The lowest BCUT2D eigenvalue weighted by atomic mass is 9.97. The highest BCUT2D eigenvalue weighted by molar-refractivity contribution is 5.97. The van der Waals surface area contributed by atoms with Gasteiger partial charge in [-0.25, -0.2) is 0 Å². The molecule has 3 nitrogen and oxygen atoms in total. The van der Waals surface area contributed by atoms with E-state index in [0.29, 0.717) is 17.2 Å². The van der Waals surface area contributed by atoms with Crippen molar-refractivity contribution in [2.75, 3.05) is 13.2 Å². The van der Waals surface area contributed by atoms with Gasteiger partial charge in [-0.05, 0) is 44.7 Å². The predicted octanol–water partition coefficient (Wildman–Crippen LogP) is 2.74. The van der Waals surface area contributed by atoms with Crippen molar-refractivity contribution in [3.8, 4) is 11.8 Å². The molecule has 112 valence electrons. The number of piperidine rings is 1. The topological polar surface area (TPSA) is 40.5 Å². The molecule has 1 amide bonds. The highest BCUT2D eigenvalue weighted by atomic mass is 16.2. The summed E-state index contributed by atoms with van der Waals surface area (Å²) in [7, 11) is 0. The van der Waals surface area contributed by atoms with E-state index in [2.05, 4.69) is 18.8 Å². The average Bonchev–Trinajstić information content (AvgIpc) is 2.53. The Bertz CT molecular complexity index is 568. The standard InChI is InChI=1S/C18H23NO2/c1-3-16-8-4-5-11-19(16)18(21)17-13-14(2)9-10-15(17)7-6-12-20/h9-10,13,16,20H,3-5,8,11-12H2,1-2H3. The van der Waals surface area contributed by atoms with Crippen LogP contribution < -0.4 is 0 Å². The lowest BCUT2D eigenvalue weighted by molar-refractivity contribution is 0.0607. The number of rotatable bonds is 2. The van der Waals surface area contributed by atoms with Crippen LogP contribution in [0.15, 0.2) is 18.2 Å². The average molecular weight is 285 g/mol. The molecule has 1 aromatic carbocycles. The molecule has 1 aromatic rings. The molecule has 0 saturated carbocycles. The molecule has 2 rings (SSSR count). The Morgan fingerprint density at radius 3 is 2.95 bits per heavy atom. The largest absolute Gasteiger partial charge is 0.384 e. The number of nitrogens with zero attached hydrogens (tertiary/aromatic N) is 1. The molecule has 1 heterocycles. The van der Waals surface area contributed by atoms with Crippen LogP contribution >= 0.6 is 0 Å². The minimum absolute atomic E-state index is 0.0764. The fourth-order valence-electron chi connectivity index (χ4n) is 2.93. The van der Waals surface area contributed by atoms with Crippen LogP contribution in [0.1, 0.15) is 54.1 Å². The number of amides is 1. The summed E-state index contributed by atoms with van der Waals surface area (Å²) in [6, 6.07) is 6.07.